The van der Waals surface area contributed by atoms with E-state index in [1.165, 1.54) is 0 Å². The van der Waals surface area contributed by atoms with E-state index in [-0.39, 0.29) is 0 Å². The first kappa shape index (κ1) is 13.2. The van der Waals surface area contributed by atoms with Gasteiger partial charge in [-0.3, -0.25) is 0 Å². The highest BCUT2D eigenvalue weighted by atomic mass is 35.5. The SMILES string of the molecule is C[C@H](O)c1nc2ccc(Cl)cc2n1Cc1ccccc1. The minimum Gasteiger partial charge on any atom is -0.385 e. The van der Waals surface area contributed by atoms with Crippen LogP contribution in [-0.4, -0.2) is 14.7 Å². The van der Waals surface area contributed by atoms with Gasteiger partial charge in [-0.15, -0.1) is 0 Å². The van der Waals surface area contributed by atoms with E-state index in [2.05, 4.69) is 17.1 Å². The Kier molecular flexibility index (Phi) is 3.47. The lowest BCUT2D eigenvalue weighted by molar-refractivity contribution is 0.185. The van der Waals surface area contributed by atoms with Crippen molar-refractivity contribution >= 4 is 22.6 Å². The largest absolute Gasteiger partial charge is 0.385 e. The predicted octanol–water partition coefficient (Wildman–Crippen LogP) is 3.79. The second kappa shape index (κ2) is 5.27. The molecule has 20 heavy (non-hydrogen) atoms. The smallest absolute Gasteiger partial charge is 0.138 e. The highest BCUT2D eigenvalue weighted by Crippen LogP contribution is 2.24. The normalized spacial score (nSPS) is 12.8. The van der Waals surface area contributed by atoms with Gasteiger partial charge in [0.2, 0.25) is 0 Å². The Balaban J connectivity index is 2.15. The zero-order valence-electron chi connectivity index (χ0n) is 11.1. The van der Waals surface area contributed by atoms with Crippen molar-refractivity contribution in [2.75, 3.05) is 0 Å². The van der Waals surface area contributed by atoms with Crippen LogP contribution in [0.15, 0.2) is 48.5 Å². The molecule has 3 nitrogen and oxygen atoms in total. The topological polar surface area (TPSA) is 38.1 Å². The number of imidazole rings is 1. The molecular weight excluding hydrogens is 272 g/mol. The number of hydrogen-bond acceptors (Lipinski definition) is 2. The number of nitrogens with zero attached hydrogens (tertiary/aromatic N) is 2. The van der Waals surface area contributed by atoms with Crippen LogP contribution in [-0.2, 0) is 6.54 Å². The Morgan fingerprint density at radius 3 is 2.65 bits per heavy atom. The summed E-state index contributed by atoms with van der Waals surface area (Å²) >= 11 is 6.08. The number of benzene rings is 2. The van der Waals surface area contributed by atoms with Crippen LogP contribution in [0.3, 0.4) is 0 Å². The van der Waals surface area contributed by atoms with E-state index in [1.807, 2.05) is 41.0 Å². The minimum atomic E-state index is -0.620. The van der Waals surface area contributed by atoms with Crippen molar-refractivity contribution in [3.05, 3.63) is 64.9 Å². The molecule has 1 atom stereocenters. The van der Waals surface area contributed by atoms with Crippen LogP contribution in [0.5, 0.6) is 0 Å². The van der Waals surface area contributed by atoms with E-state index in [1.54, 1.807) is 6.92 Å². The highest BCUT2D eigenvalue weighted by Gasteiger charge is 2.15. The molecule has 1 N–H and O–H groups in total. The molecule has 3 rings (SSSR count). The molecule has 0 saturated carbocycles. The van der Waals surface area contributed by atoms with Crippen molar-refractivity contribution in [2.24, 2.45) is 0 Å². The van der Waals surface area contributed by atoms with Crippen LogP contribution >= 0.6 is 11.6 Å². The molecule has 0 bridgehead atoms. The van der Waals surface area contributed by atoms with Crippen molar-refractivity contribution < 1.29 is 5.11 Å². The first-order valence-corrected chi connectivity index (χ1v) is 6.90. The van der Waals surface area contributed by atoms with Gasteiger partial charge in [0.1, 0.15) is 11.9 Å². The van der Waals surface area contributed by atoms with Crippen molar-refractivity contribution in [3.63, 3.8) is 0 Å². The molecule has 3 aromatic rings. The summed E-state index contributed by atoms with van der Waals surface area (Å²) in [5, 5.41) is 10.6. The van der Waals surface area contributed by atoms with Gasteiger partial charge in [-0.2, -0.15) is 0 Å². The fourth-order valence-electron chi connectivity index (χ4n) is 2.37. The lowest BCUT2D eigenvalue weighted by Crippen LogP contribution is -2.07. The molecule has 1 heterocycles. The van der Waals surface area contributed by atoms with Crippen LogP contribution in [0.1, 0.15) is 24.4 Å². The Bertz CT molecular complexity index is 735. The standard InChI is InChI=1S/C16H15ClN2O/c1-11(20)16-18-14-8-7-13(17)9-15(14)19(16)10-12-5-3-2-4-6-12/h2-9,11,20H,10H2,1H3/t11-/m0/s1. The third-order valence-electron chi connectivity index (χ3n) is 3.30. The summed E-state index contributed by atoms with van der Waals surface area (Å²) in [6, 6.07) is 15.7. The maximum atomic E-state index is 9.94. The highest BCUT2D eigenvalue weighted by molar-refractivity contribution is 6.31. The molecule has 0 radical (unpaired) electrons. The van der Waals surface area contributed by atoms with Gasteiger partial charge in [-0.25, -0.2) is 4.98 Å². The van der Waals surface area contributed by atoms with Gasteiger partial charge in [-0.05, 0) is 30.7 Å². The van der Waals surface area contributed by atoms with Crippen LogP contribution < -0.4 is 0 Å². The number of rotatable bonds is 3. The Labute approximate surface area is 122 Å². The van der Waals surface area contributed by atoms with E-state index in [0.29, 0.717) is 17.4 Å². The first-order valence-electron chi connectivity index (χ1n) is 6.53. The van der Waals surface area contributed by atoms with E-state index in [4.69, 9.17) is 11.6 Å². The number of aliphatic hydroxyl groups excluding tert-OH is 1. The summed E-state index contributed by atoms with van der Waals surface area (Å²) in [5.41, 5.74) is 2.95. The monoisotopic (exact) mass is 286 g/mol. The second-order valence-electron chi connectivity index (χ2n) is 4.85. The summed E-state index contributed by atoms with van der Waals surface area (Å²) in [6.07, 6.45) is -0.620. The number of aromatic nitrogens is 2. The van der Waals surface area contributed by atoms with Crippen LogP contribution in [0.2, 0.25) is 5.02 Å². The molecule has 0 aliphatic heterocycles. The fraction of sp³-hybridized carbons (Fsp3) is 0.188. The molecule has 102 valence electrons. The van der Waals surface area contributed by atoms with Gasteiger partial charge in [-0.1, -0.05) is 41.9 Å². The lowest BCUT2D eigenvalue weighted by Gasteiger charge is -2.11. The zero-order valence-corrected chi connectivity index (χ0v) is 11.9. The fourth-order valence-corrected chi connectivity index (χ4v) is 2.53. The maximum absolute atomic E-state index is 9.94. The van der Waals surface area contributed by atoms with E-state index < -0.39 is 6.10 Å². The molecular formula is C16H15ClN2O. The summed E-state index contributed by atoms with van der Waals surface area (Å²) in [4.78, 5) is 4.50. The predicted molar refractivity (Wildman–Crippen MR) is 80.9 cm³/mol. The second-order valence-corrected chi connectivity index (χ2v) is 5.29. The minimum absolute atomic E-state index is 0.620. The number of aliphatic hydroxyl groups is 1. The molecule has 0 fully saturated rings. The van der Waals surface area contributed by atoms with E-state index >= 15 is 0 Å². The van der Waals surface area contributed by atoms with Crippen LogP contribution in [0, 0.1) is 0 Å². The van der Waals surface area contributed by atoms with Gasteiger partial charge in [0.15, 0.2) is 0 Å². The van der Waals surface area contributed by atoms with Gasteiger partial charge in [0, 0.05) is 11.6 Å². The van der Waals surface area contributed by atoms with Gasteiger partial charge in [0.05, 0.1) is 11.0 Å². The molecule has 0 aliphatic carbocycles. The third kappa shape index (κ3) is 2.42. The van der Waals surface area contributed by atoms with Crippen molar-refractivity contribution in [1.82, 2.24) is 9.55 Å². The number of hydrogen-bond donors (Lipinski definition) is 1. The Morgan fingerprint density at radius 1 is 1.20 bits per heavy atom. The molecule has 0 amide bonds. The molecule has 0 spiro atoms. The van der Waals surface area contributed by atoms with Crippen molar-refractivity contribution in [1.29, 1.82) is 0 Å². The van der Waals surface area contributed by atoms with Gasteiger partial charge >= 0.3 is 0 Å². The quantitative estimate of drug-likeness (QED) is 0.795. The lowest BCUT2D eigenvalue weighted by atomic mass is 10.2. The molecule has 4 heteroatoms. The Morgan fingerprint density at radius 2 is 1.95 bits per heavy atom. The third-order valence-corrected chi connectivity index (χ3v) is 3.53. The van der Waals surface area contributed by atoms with Crippen molar-refractivity contribution in [2.45, 2.75) is 19.6 Å². The zero-order chi connectivity index (χ0) is 14.1. The van der Waals surface area contributed by atoms with E-state index in [9.17, 15) is 5.11 Å². The summed E-state index contributed by atoms with van der Waals surface area (Å²) in [6.45, 7) is 2.39. The Hall–Kier alpha value is -1.84. The van der Waals surface area contributed by atoms with Gasteiger partial charge < -0.3 is 9.67 Å². The average Bonchev–Trinajstić information content (AvgIpc) is 2.78. The van der Waals surface area contributed by atoms with Crippen molar-refractivity contribution in [3.8, 4) is 0 Å². The summed E-state index contributed by atoms with van der Waals surface area (Å²) in [5.74, 6) is 0.658. The summed E-state index contributed by atoms with van der Waals surface area (Å²) < 4.78 is 2.02. The molecule has 2 aromatic carbocycles. The van der Waals surface area contributed by atoms with Gasteiger partial charge in [0.25, 0.3) is 0 Å². The maximum Gasteiger partial charge on any atom is 0.138 e. The molecule has 0 unspecified atom stereocenters. The summed E-state index contributed by atoms with van der Waals surface area (Å²) in [7, 11) is 0. The molecule has 1 aromatic heterocycles. The first-order chi connectivity index (χ1) is 9.65. The molecule has 0 saturated heterocycles. The average molecular weight is 287 g/mol. The van der Waals surface area contributed by atoms with E-state index in [0.717, 1.165) is 16.6 Å². The van der Waals surface area contributed by atoms with Crippen LogP contribution in [0.25, 0.3) is 11.0 Å². The number of halogens is 1. The number of fused-ring (bicyclic) bond motifs is 1. The van der Waals surface area contributed by atoms with Crippen LogP contribution in [0.4, 0.5) is 0 Å². The molecule has 0 aliphatic rings.